The lowest BCUT2D eigenvalue weighted by atomic mass is 10.1. The first-order valence-corrected chi connectivity index (χ1v) is 16.2. The van der Waals surface area contributed by atoms with Crippen LogP contribution < -0.4 is 10.6 Å². The maximum absolute atomic E-state index is 5.22. The molecule has 5 heteroatoms. The summed E-state index contributed by atoms with van der Waals surface area (Å²) in [6.07, 6.45) is 14.2. The van der Waals surface area contributed by atoms with E-state index in [4.69, 9.17) is 9.97 Å². The summed E-state index contributed by atoms with van der Waals surface area (Å²) in [4.78, 5) is 10.2. The van der Waals surface area contributed by atoms with Gasteiger partial charge in [0.2, 0.25) is 0 Å². The second kappa shape index (κ2) is 15.3. The summed E-state index contributed by atoms with van der Waals surface area (Å²) in [5, 5.41) is 8.45. The number of anilines is 1. The molecule has 0 aliphatic carbocycles. The zero-order valence-electron chi connectivity index (χ0n) is 26.4. The summed E-state index contributed by atoms with van der Waals surface area (Å²) in [5.41, 5.74) is 5.72. The molecule has 4 aromatic rings. The monoisotopic (exact) mass is 555 g/mol. The SMILES string of the molecule is CCCCCCCCCCNCc1ccc(Cn2c(CCCC)nc3c(NC(C)(C)C)nc4ccccc4c32)cc1. The molecule has 2 aromatic heterocycles. The van der Waals surface area contributed by atoms with Crippen molar-refractivity contribution in [3.8, 4) is 0 Å². The number of pyridine rings is 1. The Kier molecular flexibility index (Phi) is 11.6. The van der Waals surface area contributed by atoms with Crippen molar-refractivity contribution in [2.45, 2.75) is 124 Å². The first kappa shape index (κ1) is 31.0. The molecular weight excluding hydrogens is 502 g/mol. The summed E-state index contributed by atoms with van der Waals surface area (Å²) in [5.74, 6) is 2.02. The largest absolute Gasteiger partial charge is 0.364 e. The van der Waals surface area contributed by atoms with E-state index in [1.165, 1.54) is 73.4 Å². The highest BCUT2D eigenvalue weighted by atomic mass is 15.1. The van der Waals surface area contributed by atoms with Crippen molar-refractivity contribution < 1.29 is 0 Å². The Bertz CT molecular complexity index is 1350. The Hall–Kier alpha value is -2.92. The van der Waals surface area contributed by atoms with E-state index in [-0.39, 0.29) is 5.54 Å². The second-order valence-electron chi connectivity index (χ2n) is 12.7. The molecule has 4 rings (SSSR count). The molecule has 0 radical (unpaired) electrons. The lowest BCUT2D eigenvalue weighted by Crippen LogP contribution is -2.26. The fraction of sp³-hybridized carbons (Fsp3) is 0.556. The number of nitrogens with zero attached hydrogens (tertiary/aromatic N) is 3. The summed E-state index contributed by atoms with van der Waals surface area (Å²) < 4.78 is 2.44. The minimum absolute atomic E-state index is 0.103. The lowest BCUT2D eigenvalue weighted by Gasteiger charge is -2.22. The minimum atomic E-state index is -0.103. The van der Waals surface area contributed by atoms with E-state index >= 15 is 0 Å². The molecule has 0 amide bonds. The number of para-hydroxylation sites is 1. The number of aromatic nitrogens is 3. The Morgan fingerprint density at radius 3 is 2.10 bits per heavy atom. The number of fused-ring (bicyclic) bond motifs is 3. The van der Waals surface area contributed by atoms with Crippen LogP contribution in [0.25, 0.3) is 21.9 Å². The highest BCUT2D eigenvalue weighted by molar-refractivity contribution is 6.07. The van der Waals surface area contributed by atoms with Gasteiger partial charge in [-0.3, -0.25) is 0 Å². The first-order chi connectivity index (χ1) is 19.9. The van der Waals surface area contributed by atoms with Gasteiger partial charge in [0, 0.05) is 30.4 Å². The van der Waals surface area contributed by atoms with Gasteiger partial charge in [-0.25, -0.2) is 9.97 Å². The summed E-state index contributed by atoms with van der Waals surface area (Å²) in [6, 6.07) is 17.6. The molecule has 222 valence electrons. The van der Waals surface area contributed by atoms with Crippen LogP contribution in [0.5, 0.6) is 0 Å². The number of hydrogen-bond donors (Lipinski definition) is 2. The number of aryl methyl sites for hydroxylation is 1. The van der Waals surface area contributed by atoms with E-state index in [9.17, 15) is 0 Å². The van der Waals surface area contributed by atoms with Crippen molar-refractivity contribution >= 4 is 27.8 Å². The van der Waals surface area contributed by atoms with Gasteiger partial charge in [0.05, 0.1) is 11.0 Å². The van der Waals surface area contributed by atoms with E-state index in [1.807, 2.05) is 0 Å². The average molecular weight is 556 g/mol. The van der Waals surface area contributed by atoms with Gasteiger partial charge in [-0.1, -0.05) is 108 Å². The van der Waals surface area contributed by atoms with Gasteiger partial charge in [0.25, 0.3) is 0 Å². The normalized spacial score (nSPS) is 12.0. The van der Waals surface area contributed by atoms with Crippen molar-refractivity contribution in [1.82, 2.24) is 19.9 Å². The molecule has 0 unspecified atom stereocenters. The number of nitrogens with one attached hydrogen (secondary N) is 2. The number of benzene rings is 2. The lowest BCUT2D eigenvalue weighted by molar-refractivity contribution is 0.555. The van der Waals surface area contributed by atoms with Crippen molar-refractivity contribution in [1.29, 1.82) is 0 Å². The molecule has 2 aromatic carbocycles. The van der Waals surface area contributed by atoms with Crippen molar-refractivity contribution in [2.24, 2.45) is 0 Å². The van der Waals surface area contributed by atoms with Gasteiger partial charge >= 0.3 is 0 Å². The predicted molar refractivity (Wildman–Crippen MR) is 177 cm³/mol. The molecule has 0 fully saturated rings. The molecule has 0 saturated carbocycles. The third kappa shape index (κ3) is 9.03. The molecule has 0 atom stereocenters. The molecular formula is C36H53N5. The van der Waals surface area contributed by atoms with Crippen LogP contribution in [0.15, 0.2) is 48.5 Å². The molecule has 0 spiro atoms. The van der Waals surface area contributed by atoms with E-state index in [0.717, 1.165) is 61.6 Å². The first-order valence-electron chi connectivity index (χ1n) is 16.2. The van der Waals surface area contributed by atoms with Crippen LogP contribution in [0.4, 0.5) is 5.82 Å². The van der Waals surface area contributed by atoms with Gasteiger partial charge in [-0.15, -0.1) is 0 Å². The fourth-order valence-corrected chi connectivity index (χ4v) is 5.58. The molecule has 2 N–H and O–H groups in total. The molecule has 0 saturated heterocycles. The van der Waals surface area contributed by atoms with Crippen molar-refractivity contribution in [3.05, 3.63) is 65.5 Å². The number of unbranched alkanes of at least 4 members (excludes halogenated alkanes) is 8. The van der Waals surface area contributed by atoms with Gasteiger partial charge in [0.15, 0.2) is 5.82 Å². The fourth-order valence-electron chi connectivity index (χ4n) is 5.58. The Morgan fingerprint density at radius 2 is 1.39 bits per heavy atom. The zero-order chi connectivity index (χ0) is 29.1. The molecule has 41 heavy (non-hydrogen) atoms. The smallest absolute Gasteiger partial charge is 0.155 e. The second-order valence-corrected chi connectivity index (χ2v) is 12.7. The van der Waals surface area contributed by atoms with Crippen LogP contribution in [-0.2, 0) is 19.5 Å². The van der Waals surface area contributed by atoms with E-state index in [1.54, 1.807) is 0 Å². The summed E-state index contributed by atoms with van der Waals surface area (Å²) in [6.45, 7) is 13.9. The van der Waals surface area contributed by atoms with Gasteiger partial charge in [-0.05, 0) is 57.4 Å². The van der Waals surface area contributed by atoms with Crippen LogP contribution >= 0.6 is 0 Å². The molecule has 0 aliphatic rings. The molecule has 0 bridgehead atoms. The number of hydrogen-bond acceptors (Lipinski definition) is 4. The molecule has 0 aliphatic heterocycles. The highest BCUT2D eigenvalue weighted by Crippen LogP contribution is 2.32. The molecule has 5 nitrogen and oxygen atoms in total. The summed E-state index contributed by atoms with van der Waals surface area (Å²) in [7, 11) is 0. The van der Waals surface area contributed by atoms with Crippen LogP contribution in [0.3, 0.4) is 0 Å². The van der Waals surface area contributed by atoms with E-state index < -0.39 is 0 Å². The summed E-state index contributed by atoms with van der Waals surface area (Å²) >= 11 is 0. The molecule has 2 heterocycles. The highest BCUT2D eigenvalue weighted by Gasteiger charge is 2.21. The van der Waals surface area contributed by atoms with Gasteiger partial charge in [0.1, 0.15) is 11.3 Å². The Morgan fingerprint density at radius 1 is 0.732 bits per heavy atom. The quantitative estimate of drug-likeness (QED) is 0.127. The van der Waals surface area contributed by atoms with Crippen LogP contribution in [0.1, 0.15) is 116 Å². The third-order valence-corrected chi connectivity index (χ3v) is 7.81. The maximum Gasteiger partial charge on any atom is 0.155 e. The van der Waals surface area contributed by atoms with E-state index in [2.05, 4.69) is 98.4 Å². The predicted octanol–water partition coefficient (Wildman–Crippen LogP) is 9.42. The maximum atomic E-state index is 5.22. The zero-order valence-corrected chi connectivity index (χ0v) is 26.4. The van der Waals surface area contributed by atoms with Gasteiger partial charge in [-0.2, -0.15) is 0 Å². The van der Waals surface area contributed by atoms with Crippen molar-refractivity contribution in [3.63, 3.8) is 0 Å². The number of rotatable bonds is 17. The third-order valence-electron chi connectivity index (χ3n) is 7.81. The number of imidazole rings is 1. The van der Waals surface area contributed by atoms with Gasteiger partial charge < -0.3 is 15.2 Å². The topological polar surface area (TPSA) is 54.8 Å². The Labute approximate surface area is 248 Å². The van der Waals surface area contributed by atoms with Crippen molar-refractivity contribution in [2.75, 3.05) is 11.9 Å². The Balaban J connectivity index is 1.46. The van der Waals surface area contributed by atoms with Crippen LogP contribution in [0, 0.1) is 0 Å². The minimum Gasteiger partial charge on any atom is -0.364 e. The van der Waals surface area contributed by atoms with Crippen LogP contribution in [0.2, 0.25) is 0 Å². The average Bonchev–Trinajstić information content (AvgIpc) is 3.31. The standard InChI is InChI=1S/C36H53N5/c1-6-8-10-11-12-13-14-17-25-37-26-28-21-23-29(24-22-28)27-41-32(20-9-7-2)39-33-34(41)30-18-15-16-19-31(30)38-35(33)40-36(3,4)5/h15-16,18-19,21-24,37H,6-14,17,20,25-27H2,1-5H3,(H,38,40). The van der Waals surface area contributed by atoms with E-state index in [0.29, 0.717) is 0 Å². The van der Waals surface area contributed by atoms with Crippen LogP contribution in [-0.4, -0.2) is 26.6 Å².